The Morgan fingerprint density at radius 1 is 1.38 bits per heavy atom. The van der Waals surface area contributed by atoms with E-state index in [4.69, 9.17) is 16.9 Å². The van der Waals surface area contributed by atoms with Crippen LogP contribution in [0.1, 0.15) is 18.4 Å². The average Bonchev–Trinajstić information content (AvgIpc) is 2.92. The molecule has 21 heavy (non-hydrogen) atoms. The van der Waals surface area contributed by atoms with E-state index in [-0.39, 0.29) is 16.0 Å². The fraction of sp³-hybridized carbons (Fsp3) is 0.500. The molecule has 2 atom stereocenters. The fourth-order valence-electron chi connectivity index (χ4n) is 3.11. The zero-order valence-electron chi connectivity index (χ0n) is 11.4. The highest BCUT2D eigenvalue weighted by atomic mass is 35.5. The van der Waals surface area contributed by atoms with Gasteiger partial charge in [0.15, 0.2) is 0 Å². The topological polar surface area (TPSA) is 73.2 Å². The number of hydrogen-bond donors (Lipinski definition) is 1. The molecule has 0 aromatic heterocycles. The number of benzene rings is 1. The Hall–Kier alpha value is -1.13. The molecule has 0 aliphatic carbocycles. The molecule has 1 N–H and O–H groups in total. The van der Waals surface area contributed by atoms with Crippen LogP contribution in [0, 0.1) is 17.2 Å². The summed E-state index contributed by atoms with van der Waals surface area (Å²) in [6.07, 6.45) is 2.13. The lowest BCUT2D eigenvalue weighted by molar-refractivity contribution is 0.339. The summed E-state index contributed by atoms with van der Waals surface area (Å²) in [6, 6.07) is 6.52. The Morgan fingerprint density at radius 2 is 2.19 bits per heavy atom. The Morgan fingerprint density at radius 3 is 2.90 bits per heavy atom. The van der Waals surface area contributed by atoms with E-state index in [1.54, 1.807) is 0 Å². The maximum atomic E-state index is 12.8. The van der Waals surface area contributed by atoms with Gasteiger partial charge < -0.3 is 5.32 Å². The number of rotatable bonds is 2. The predicted molar refractivity (Wildman–Crippen MR) is 79.4 cm³/mol. The van der Waals surface area contributed by atoms with Gasteiger partial charge in [-0.3, -0.25) is 0 Å². The van der Waals surface area contributed by atoms with Gasteiger partial charge in [-0.05, 0) is 43.5 Å². The molecule has 5 nitrogen and oxygen atoms in total. The van der Waals surface area contributed by atoms with E-state index in [2.05, 4.69) is 5.32 Å². The average molecular weight is 326 g/mol. The molecule has 2 heterocycles. The number of sulfonamides is 1. The number of nitriles is 1. The Bertz CT molecular complexity index is 685. The summed E-state index contributed by atoms with van der Waals surface area (Å²) in [7, 11) is -3.65. The first kappa shape index (κ1) is 14.8. The summed E-state index contributed by atoms with van der Waals surface area (Å²) in [5.74, 6) is 0.367. The molecule has 0 saturated carbocycles. The molecular weight excluding hydrogens is 310 g/mol. The third-order valence-electron chi connectivity index (χ3n) is 4.24. The van der Waals surface area contributed by atoms with Crippen molar-refractivity contribution in [2.24, 2.45) is 5.92 Å². The molecule has 2 fully saturated rings. The van der Waals surface area contributed by atoms with E-state index in [1.807, 2.05) is 6.07 Å². The lowest BCUT2D eigenvalue weighted by atomic mass is 9.94. The van der Waals surface area contributed by atoms with Gasteiger partial charge in [0.05, 0.1) is 16.7 Å². The van der Waals surface area contributed by atoms with E-state index >= 15 is 0 Å². The number of nitrogens with one attached hydrogen (secondary N) is 1. The summed E-state index contributed by atoms with van der Waals surface area (Å²) in [6.45, 7) is 1.94. The van der Waals surface area contributed by atoms with E-state index in [9.17, 15) is 8.42 Å². The lowest BCUT2D eigenvalue weighted by Gasteiger charge is -2.24. The van der Waals surface area contributed by atoms with Gasteiger partial charge in [0.25, 0.3) is 0 Å². The number of fused-ring (bicyclic) bond motifs is 1. The highest BCUT2D eigenvalue weighted by Crippen LogP contribution is 2.32. The highest BCUT2D eigenvalue weighted by Gasteiger charge is 2.40. The monoisotopic (exact) mass is 325 g/mol. The van der Waals surface area contributed by atoms with E-state index in [0.717, 1.165) is 19.4 Å². The third kappa shape index (κ3) is 2.67. The van der Waals surface area contributed by atoms with Crippen molar-refractivity contribution in [1.82, 2.24) is 9.62 Å². The van der Waals surface area contributed by atoms with Gasteiger partial charge in [-0.15, -0.1) is 0 Å². The minimum Gasteiger partial charge on any atom is -0.312 e. The Kier molecular flexibility index (Phi) is 3.93. The predicted octanol–water partition coefficient (Wildman–Crippen LogP) is 1.58. The summed E-state index contributed by atoms with van der Waals surface area (Å²) in [4.78, 5) is 0.0295. The van der Waals surface area contributed by atoms with Gasteiger partial charge in [0.2, 0.25) is 10.0 Å². The minimum atomic E-state index is -3.65. The molecule has 7 heteroatoms. The highest BCUT2D eigenvalue weighted by molar-refractivity contribution is 7.89. The molecule has 3 rings (SSSR count). The molecular formula is C14H16ClN3O2S. The van der Waals surface area contributed by atoms with Crippen LogP contribution in [0.3, 0.4) is 0 Å². The van der Waals surface area contributed by atoms with Crippen LogP contribution in [0.25, 0.3) is 0 Å². The summed E-state index contributed by atoms with van der Waals surface area (Å²) >= 11 is 6.04. The van der Waals surface area contributed by atoms with Crippen molar-refractivity contribution in [3.05, 3.63) is 28.8 Å². The van der Waals surface area contributed by atoms with Gasteiger partial charge in [-0.25, -0.2) is 8.42 Å². The van der Waals surface area contributed by atoms with Gasteiger partial charge in [-0.2, -0.15) is 9.57 Å². The smallest absolute Gasteiger partial charge is 0.244 e. The van der Waals surface area contributed by atoms with Crippen LogP contribution < -0.4 is 5.32 Å². The minimum absolute atomic E-state index is 0.0295. The molecule has 2 aliphatic heterocycles. The van der Waals surface area contributed by atoms with Crippen LogP contribution in [0.5, 0.6) is 0 Å². The largest absolute Gasteiger partial charge is 0.312 e. The Labute approximate surface area is 129 Å². The van der Waals surface area contributed by atoms with Crippen molar-refractivity contribution in [3.63, 3.8) is 0 Å². The maximum Gasteiger partial charge on any atom is 0.244 e. The number of piperidine rings is 1. The van der Waals surface area contributed by atoms with Crippen LogP contribution in [0.2, 0.25) is 5.02 Å². The molecule has 2 aliphatic rings. The van der Waals surface area contributed by atoms with E-state index < -0.39 is 10.0 Å². The molecule has 0 amide bonds. The summed E-state index contributed by atoms with van der Waals surface area (Å²) < 4.78 is 27.0. The van der Waals surface area contributed by atoms with Crippen LogP contribution in [-0.4, -0.2) is 38.4 Å². The zero-order chi connectivity index (χ0) is 15.0. The molecule has 1 aromatic rings. The first-order chi connectivity index (χ1) is 10.0. The van der Waals surface area contributed by atoms with Crippen molar-refractivity contribution in [2.45, 2.75) is 23.8 Å². The van der Waals surface area contributed by atoms with Gasteiger partial charge in [-0.1, -0.05) is 11.6 Å². The second-order valence-electron chi connectivity index (χ2n) is 5.54. The summed E-state index contributed by atoms with van der Waals surface area (Å²) in [5, 5.41) is 12.5. The number of halogens is 1. The van der Waals surface area contributed by atoms with Crippen LogP contribution in [0.4, 0.5) is 0 Å². The van der Waals surface area contributed by atoms with E-state index in [1.165, 1.54) is 22.5 Å². The third-order valence-corrected chi connectivity index (χ3v) is 6.56. The van der Waals surface area contributed by atoms with Gasteiger partial charge in [0, 0.05) is 19.1 Å². The molecule has 1 aromatic carbocycles. The SMILES string of the molecule is N#Cc1ccc(Cl)c(S(=O)(=O)N2CC3CCCNC3C2)c1. The summed E-state index contributed by atoms with van der Waals surface area (Å²) in [5.41, 5.74) is 0.299. The zero-order valence-corrected chi connectivity index (χ0v) is 13.0. The molecule has 2 unspecified atom stereocenters. The second-order valence-corrected chi connectivity index (χ2v) is 7.86. The second kappa shape index (κ2) is 5.58. The van der Waals surface area contributed by atoms with Crippen LogP contribution >= 0.6 is 11.6 Å². The molecule has 0 bridgehead atoms. The number of nitrogens with zero attached hydrogens (tertiary/aromatic N) is 2. The van der Waals surface area contributed by atoms with E-state index in [0.29, 0.717) is 24.6 Å². The van der Waals surface area contributed by atoms with Crippen molar-refractivity contribution in [3.8, 4) is 6.07 Å². The van der Waals surface area contributed by atoms with Gasteiger partial charge in [0.1, 0.15) is 4.90 Å². The molecule has 112 valence electrons. The van der Waals surface area contributed by atoms with Crippen molar-refractivity contribution >= 4 is 21.6 Å². The molecule has 0 radical (unpaired) electrons. The van der Waals surface area contributed by atoms with Crippen molar-refractivity contribution in [2.75, 3.05) is 19.6 Å². The maximum absolute atomic E-state index is 12.8. The van der Waals surface area contributed by atoms with Gasteiger partial charge >= 0.3 is 0 Å². The quantitative estimate of drug-likeness (QED) is 0.896. The van der Waals surface area contributed by atoms with Crippen LogP contribution in [0.15, 0.2) is 23.1 Å². The normalized spacial score (nSPS) is 26.3. The number of hydrogen-bond acceptors (Lipinski definition) is 4. The fourth-order valence-corrected chi connectivity index (χ4v) is 5.14. The van der Waals surface area contributed by atoms with Crippen molar-refractivity contribution in [1.29, 1.82) is 5.26 Å². The first-order valence-corrected chi connectivity index (χ1v) is 8.77. The Balaban J connectivity index is 1.93. The lowest BCUT2D eigenvalue weighted by Crippen LogP contribution is -2.41. The molecule has 0 spiro atoms. The van der Waals surface area contributed by atoms with Crippen molar-refractivity contribution < 1.29 is 8.42 Å². The first-order valence-electron chi connectivity index (χ1n) is 6.95. The van der Waals surface area contributed by atoms with Crippen LogP contribution in [-0.2, 0) is 10.0 Å². The standard InChI is InChI=1S/C14H16ClN3O2S/c15-12-4-3-10(7-16)6-14(12)21(19,20)18-8-11-2-1-5-17-13(11)9-18/h3-4,6,11,13,17H,1-2,5,8-9H2. The molecule has 2 saturated heterocycles.